The van der Waals surface area contributed by atoms with Crippen molar-refractivity contribution in [3.05, 3.63) is 46.7 Å². The molecule has 0 saturated carbocycles. The molecule has 12 heavy (non-hydrogen) atoms. The number of hydrogen-bond donors (Lipinski definition) is 1. The third-order valence-corrected chi connectivity index (χ3v) is 2.52. The predicted molar refractivity (Wildman–Crippen MR) is 53.2 cm³/mol. The Hall–Kier alpha value is -0.860. The zero-order chi connectivity index (χ0) is 8.97. The fourth-order valence-corrected chi connectivity index (χ4v) is 1.54. The molecule has 0 radical (unpaired) electrons. The summed E-state index contributed by atoms with van der Waals surface area (Å²) in [5.74, 6) is 0. The Kier molecular flexibility index (Phi) is 3.26. The van der Waals surface area contributed by atoms with Crippen molar-refractivity contribution in [1.82, 2.24) is 0 Å². The highest BCUT2D eigenvalue weighted by molar-refractivity contribution is 7.10. The molecule has 0 aliphatic carbocycles. The van der Waals surface area contributed by atoms with Gasteiger partial charge in [0.15, 0.2) is 0 Å². The molecule has 0 aliphatic heterocycles. The first-order chi connectivity index (χ1) is 5.74. The van der Waals surface area contributed by atoms with Crippen LogP contribution in [0.15, 0.2) is 41.8 Å². The first-order valence-corrected chi connectivity index (χ1v) is 4.64. The lowest BCUT2D eigenvalue weighted by atomic mass is 10.2. The van der Waals surface area contributed by atoms with Crippen LogP contribution in [0.3, 0.4) is 0 Å². The highest BCUT2D eigenvalue weighted by Gasteiger charge is 2.03. The molecule has 1 N–H and O–H groups in total. The molecule has 0 aromatic carbocycles. The highest BCUT2D eigenvalue weighted by atomic mass is 32.1. The van der Waals surface area contributed by atoms with Gasteiger partial charge in [0.25, 0.3) is 0 Å². The number of allylic oxidation sites excluding steroid dienone is 2. The van der Waals surface area contributed by atoms with Gasteiger partial charge < -0.3 is 5.11 Å². The molecule has 0 fully saturated rings. The SMILES string of the molecule is C=CC(C)=CC(O)c1cccs1. The summed E-state index contributed by atoms with van der Waals surface area (Å²) >= 11 is 1.55. The molecule has 1 unspecified atom stereocenters. The quantitative estimate of drug-likeness (QED) is 0.709. The molecule has 64 valence electrons. The molecule has 1 heterocycles. The van der Waals surface area contributed by atoms with Crippen LogP contribution < -0.4 is 0 Å². The Morgan fingerprint density at radius 2 is 2.50 bits per heavy atom. The van der Waals surface area contributed by atoms with E-state index in [0.717, 1.165) is 10.5 Å². The summed E-state index contributed by atoms with van der Waals surface area (Å²) in [6.45, 7) is 5.54. The zero-order valence-corrected chi connectivity index (χ0v) is 7.84. The molecule has 1 aromatic rings. The lowest BCUT2D eigenvalue weighted by molar-refractivity contribution is 0.232. The zero-order valence-electron chi connectivity index (χ0n) is 7.03. The Morgan fingerprint density at radius 1 is 1.75 bits per heavy atom. The first-order valence-electron chi connectivity index (χ1n) is 3.76. The molecule has 2 heteroatoms. The van der Waals surface area contributed by atoms with E-state index in [0.29, 0.717) is 0 Å². The first kappa shape index (κ1) is 9.23. The second-order valence-corrected chi connectivity index (χ2v) is 3.55. The van der Waals surface area contributed by atoms with E-state index >= 15 is 0 Å². The van der Waals surface area contributed by atoms with E-state index in [4.69, 9.17) is 0 Å². The van der Waals surface area contributed by atoms with Gasteiger partial charge in [-0.05, 0) is 24.4 Å². The Bertz CT molecular complexity index is 272. The van der Waals surface area contributed by atoms with E-state index in [1.807, 2.05) is 24.4 Å². The molecule has 0 aliphatic rings. The number of rotatable bonds is 3. The third kappa shape index (κ3) is 2.32. The molecular formula is C10H12OS. The largest absolute Gasteiger partial charge is 0.383 e. The van der Waals surface area contributed by atoms with Gasteiger partial charge in [-0.2, -0.15) is 0 Å². The van der Waals surface area contributed by atoms with Crippen molar-refractivity contribution in [2.75, 3.05) is 0 Å². The Balaban J connectivity index is 2.73. The summed E-state index contributed by atoms with van der Waals surface area (Å²) in [7, 11) is 0. The van der Waals surface area contributed by atoms with Crippen molar-refractivity contribution in [2.24, 2.45) is 0 Å². The Morgan fingerprint density at radius 3 is 3.00 bits per heavy atom. The van der Waals surface area contributed by atoms with Gasteiger partial charge in [0.05, 0.1) is 0 Å². The van der Waals surface area contributed by atoms with Crippen molar-refractivity contribution in [3.63, 3.8) is 0 Å². The van der Waals surface area contributed by atoms with Crippen LogP contribution in [0.4, 0.5) is 0 Å². The molecular weight excluding hydrogens is 168 g/mol. The lowest BCUT2D eigenvalue weighted by Crippen LogP contribution is -1.89. The lowest BCUT2D eigenvalue weighted by Gasteiger charge is -2.02. The molecule has 0 bridgehead atoms. The maximum absolute atomic E-state index is 9.60. The van der Waals surface area contributed by atoms with Crippen molar-refractivity contribution in [2.45, 2.75) is 13.0 Å². The maximum Gasteiger partial charge on any atom is 0.107 e. The summed E-state index contributed by atoms with van der Waals surface area (Å²) in [6, 6.07) is 3.85. The van der Waals surface area contributed by atoms with Crippen LogP contribution in [-0.4, -0.2) is 5.11 Å². The smallest absolute Gasteiger partial charge is 0.107 e. The van der Waals surface area contributed by atoms with E-state index in [-0.39, 0.29) is 0 Å². The normalized spacial score (nSPS) is 14.3. The van der Waals surface area contributed by atoms with Crippen LogP contribution in [0.5, 0.6) is 0 Å². The molecule has 1 atom stereocenters. The van der Waals surface area contributed by atoms with Crippen LogP contribution in [0.1, 0.15) is 17.9 Å². The van der Waals surface area contributed by atoms with Crippen LogP contribution in [0.25, 0.3) is 0 Å². The molecule has 0 amide bonds. The number of aliphatic hydroxyl groups is 1. The van der Waals surface area contributed by atoms with E-state index in [2.05, 4.69) is 6.58 Å². The Labute approximate surface area is 76.7 Å². The van der Waals surface area contributed by atoms with E-state index in [1.165, 1.54) is 0 Å². The number of thiophene rings is 1. The van der Waals surface area contributed by atoms with Crippen molar-refractivity contribution in [3.8, 4) is 0 Å². The minimum atomic E-state index is -0.483. The molecule has 0 spiro atoms. The van der Waals surface area contributed by atoms with Gasteiger partial charge in [0, 0.05) is 4.88 Å². The monoisotopic (exact) mass is 180 g/mol. The van der Waals surface area contributed by atoms with E-state index in [1.54, 1.807) is 23.5 Å². The van der Waals surface area contributed by atoms with E-state index in [9.17, 15) is 5.11 Å². The van der Waals surface area contributed by atoms with Gasteiger partial charge in [0.2, 0.25) is 0 Å². The molecule has 1 nitrogen and oxygen atoms in total. The number of aliphatic hydroxyl groups excluding tert-OH is 1. The minimum absolute atomic E-state index is 0.483. The summed E-state index contributed by atoms with van der Waals surface area (Å²) in [4.78, 5) is 0.969. The second-order valence-electron chi connectivity index (χ2n) is 2.58. The average molecular weight is 180 g/mol. The summed E-state index contributed by atoms with van der Waals surface area (Å²) in [6.07, 6.45) is 3.04. The highest BCUT2D eigenvalue weighted by Crippen LogP contribution is 2.20. The fourth-order valence-electron chi connectivity index (χ4n) is 0.859. The molecule has 1 aromatic heterocycles. The van der Waals surface area contributed by atoms with Crippen LogP contribution in [-0.2, 0) is 0 Å². The van der Waals surface area contributed by atoms with E-state index < -0.39 is 6.10 Å². The molecule has 0 saturated heterocycles. The van der Waals surface area contributed by atoms with Gasteiger partial charge in [-0.25, -0.2) is 0 Å². The van der Waals surface area contributed by atoms with Crippen molar-refractivity contribution < 1.29 is 5.11 Å². The van der Waals surface area contributed by atoms with Crippen molar-refractivity contribution >= 4 is 11.3 Å². The van der Waals surface area contributed by atoms with Gasteiger partial charge >= 0.3 is 0 Å². The van der Waals surface area contributed by atoms with Gasteiger partial charge in [-0.3, -0.25) is 0 Å². The van der Waals surface area contributed by atoms with Gasteiger partial charge in [0.1, 0.15) is 6.10 Å². The summed E-state index contributed by atoms with van der Waals surface area (Å²) < 4.78 is 0. The van der Waals surface area contributed by atoms with Crippen molar-refractivity contribution in [1.29, 1.82) is 0 Å². The number of hydrogen-bond acceptors (Lipinski definition) is 2. The topological polar surface area (TPSA) is 20.2 Å². The molecule has 1 rings (SSSR count). The van der Waals surface area contributed by atoms with Crippen LogP contribution in [0.2, 0.25) is 0 Å². The van der Waals surface area contributed by atoms with Gasteiger partial charge in [-0.15, -0.1) is 11.3 Å². The summed E-state index contributed by atoms with van der Waals surface area (Å²) in [5, 5.41) is 11.6. The maximum atomic E-state index is 9.60. The second kappa shape index (κ2) is 4.24. The third-order valence-electron chi connectivity index (χ3n) is 1.58. The fraction of sp³-hybridized carbons (Fsp3) is 0.200. The average Bonchev–Trinajstić information content (AvgIpc) is 2.56. The summed E-state index contributed by atoms with van der Waals surface area (Å²) in [5.41, 5.74) is 0.996. The standard InChI is InChI=1S/C10H12OS/c1-3-8(2)7-9(11)10-5-4-6-12-10/h3-7,9,11H,1H2,2H3. The predicted octanol–water partition coefficient (Wildman–Crippen LogP) is 2.91. The van der Waals surface area contributed by atoms with Gasteiger partial charge in [-0.1, -0.05) is 24.3 Å². The minimum Gasteiger partial charge on any atom is -0.383 e. The van der Waals surface area contributed by atoms with Crippen LogP contribution >= 0.6 is 11.3 Å². The van der Waals surface area contributed by atoms with Crippen LogP contribution in [0, 0.1) is 0 Å².